The van der Waals surface area contributed by atoms with Crippen LogP contribution in [0.1, 0.15) is 28.1 Å². The number of aromatic nitrogens is 2. The molecule has 1 amide bonds. The molecule has 0 bridgehead atoms. The molecule has 3 aromatic rings. The number of nitrogens with one attached hydrogen (secondary N) is 1. The fraction of sp³-hybridized carbons (Fsp3) is 0.238. The normalized spacial score (nSPS) is 11.5. The molecule has 7 nitrogen and oxygen atoms in total. The second kappa shape index (κ2) is 7.81. The molecule has 1 heterocycles. The fourth-order valence-electron chi connectivity index (χ4n) is 3.23. The van der Waals surface area contributed by atoms with E-state index in [2.05, 4.69) is 10.4 Å². The Bertz CT molecular complexity index is 1180. The molecular weight excluding hydrogens is 388 g/mol. The standard InChI is InChI=1S/C21H24N4O3S/c1-13-10-18(29(22,27)28)11-20(14(13)2)23-21(26)12-19-15(3)24-25(16(19)4)17-8-6-5-7-9-17/h5-11H,12H2,1-4H3,(H,23,26)(H2,22,27,28). The number of aryl methyl sites for hydroxylation is 2. The molecule has 0 saturated carbocycles. The van der Waals surface area contributed by atoms with Crippen LogP contribution in [0.25, 0.3) is 5.69 Å². The zero-order valence-corrected chi connectivity index (χ0v) is 17.7. The van der Waals surface area contributed by atoms with E-state index < -0.39 is 10.0 Å². The van der Waals surface area contributed by atoms with Gasteiger partial charge in [-0.05, 0) is 63.1 Å². The molecule has 1 aromatic heterocycles. The number of sulfonamides is 1. The largest absolute Gasteiger partial charge is 0.326 e. The Morgan fingerprint density at radius 1 is 1.10 bits per heavy atom. The van der Waals surface area contributed by atoms with E-state index in [4.69, 9.17) is 5.14 Å². The van der Waals surface area contributed by atoms with Gasteiger partial charge in [-0.15, -0.1) is 0 Å². The average Bonchev–Trinajstić information content (AvgIpc) is 2.93. The van der Waals surface area contributed by atoms with Crippen molar-refractivity contribution in [1.29, 1.82) is 0 Å². The maximum atomic E-state index is 12.7. The Morgan fingerprint density at radius 2 is 1.76 bits per heavy atom. The highest BCUT2D eigenvalue weighted by molar-refractivity contribution is 7.89. The molecule has 0 radical (unpaired) electrons. The number of benzene rings is 2. The Labute approximate surface area is 170 Å². The first-order valence-corrected chi connectivity index (χ1v) is 10.7. The molecule has 152 valence electrons. The maximum Gasteiger partial charge on any atom is 0.238 e. The van der Waals surface area contributed by atoms with Crippen molar-refractivity contribution < 1.29 is 13.2 Å². The number of anilines is 1. The fourth-order valence-corrected chi connectivity index (χ4v) is 3.85. The van der Waals surface area contributed by atoms with Crippen LogP contribution >= 0.6 is 0 Å². The minimum atomic E-state index is -3.86. The lowest BCUT2D eigenvalue weighted by Gasteiger charge is -2.13. The third-order valence-electron chi connectivity index (χ3n) is 5.02. The second-order valence-electron chi connectivity index (χ2n) is 7.08. The monoisotopic (exact) mass is 412 g/mol. The summed E-state index contributed by atoms with van der Waals surface area (Å²) in [7, 11) is -3.86. The number of amides is 1. The molecule has 0 saturated heterocycles. The SMILES string of the molecule is Cc1cc(S(N)(=O)=O)cc(NC(=O)Cc2c(C)nn(-c3ccccc3)c2C)c1C. The van der Waals surface area contributed by atoms with Crippen molar-refractivity contribution in [1.82, 2.24) is 9.78 Å². The van der Waals surface area contributed by atoms with Crippen molar-refractivity contribution in [3.63, 3.8) is 0 Å². The lowest BCUT2D eigenvalue weighted by Crippen LogP contribution is -2.18. The van der Waals surface area contributed by atoms with Gasteiger partial charge in [0.25, 0.3) is 0 Å². The van der Waals surface area contributed by atoms with Crippen LogP contribution in [0.3, 0.4) is 0 Å². The van der Waals surface area contributed by atoms with E-state index in [9.17, 15) is 13.2 Å². The van der Waals surface area contributed by atoms with Gasteiger partial charge >= 0.3 is 0 Å². The van der Waals surface area contributed by atoms with Gasteiger partial charge in [0, 0.05) is 16.9 Å². The van der Waals surface area contributed by atoms with Crippen molar-refractivity contribution >= 4 is 21.6 Å². The molecule has 0 atom stereocenters. The maximum absolute atomic E-state index is 12.7. The van der Waals surface area contributed by atoms with Crippen LogP contribution in [0, 0.1) is 27.7 Å². The Balaban J connectivity index is 1.88. The molecule has 0 aliphatic rings. The van der Waals surface area contributed by atoms with Gasteiger partial charge in [-0.2, -0.15) is 5.10 Å². The van der Waals surface area contributed by atoms with Crippen LogP contribution < -0.4 is 10.5 Å². The number of nitrogens with two attached hydrogens (primary N) is 1. The summed E-state index contributed by atoms with van der Waals surface area (Å²) in [5.41, 5.74) is 5.37. The van der Waals surface area contributed by atoms with Crippen molar-refractivity contribution in [2.45, 2.75) is 39.0 Å². The zero-order valence-electron chi connectivity index (χ0n) is 16.9. The number of para-hydroxylation sites is 1. The lowest BCUT2D eigenvalue weighted by atomic mass is 10.1. The van der Waals surface area contributed by atoms with E-state index in [1.807, 2.05) is 55.8 Å². The first kappa shape index (κ1) is 20.8. The molecule has 3 N–H and O–H groups in total. The van der Waals surface area contributed by atoms with E-state index in [1.165, 1.54) is 12.1 Å². The van der Waals surface area contributed by atoms with Crippen LogP contribution in [0.5, 0.6) is 0 Å². The summed E-state index contributed by atoms with van der Waals surface area (Å²) in [5.74, 6) is -0.252. The first-order chi connectivity index (χ1) is 13.6. The number of hydrogen-bond acceptors (Lipinski definition) is 4. The van der Waals surface area contributed by atoms with Crippen LogP contribution in [-0.4, -0.2) is 24.1 Å². The number of carbonyl (C=O) groups excluding carboxylic acids is 1. The van der Waals surface area contributed by atoms with Gasteiger partial charge in [-0.25, -0.2) is 18.2 Å². The van der Waals surface area contributed by atoms with Gasteiger partial charge < -0.3 is 5.32 Å². The molecule has 0 unspecified atom stereocenters. The number of hydrogen-bond donors (Lipinski definition) is 2. The van der Waals surface area contributed by atoms with E-state index >= 15 is 0 Å². The Morgan fingerprint density at radius 3 is 2.38 bits per heavy atom. The minimum Gasteiger partial charge on any atom is -0.326 e. The van der Waals surface area contributed by atoms with Crippen LogP contribution in [0.15, 0.2) is 47.4 Å². The predicted molar refractivity (Wildman–Crippen MR) is 113 cm³/mol. The third-order valence-corrected chi connectivity index (χ3v) is 5.92. The van der Waals surface area contributed by atoms with Gasteiger partial charge in [-0.3, -0.25) is 4.79 Å². The van der Waals surface area contributed by atoms with Crippen molar-refractivity contribution in [2.24, 2.45) is 5.14 Å². The number of primary sulfonamides is 1. The van der Waals surface area contributed by atoms with Crippen molar-refractivity contribution in [3.05, 3.63) is 70.5 Å². The van der Waals surface area contributed by atoms with Gasteiger partial charge in [0.2, 0.25) is 15.9 Å². The molecule has 0 aliphatic carbocycles. The molecule has 0 fully saturated rings. The van der Waals surface area contributed by atoms with Gasteiger partial charge in [0.05, 0.1) is 22.7 Å². The van der Waals surface area contributed by atoms with Crippen molar-refractivity contribution in [2.75, 3.05) is 5.32 Å². The lowest BCUT2D eigenvalue weighted by molar-refractivity contribution is -0.115. The Kier molecular flexibility index (Phi) is 5.59. The summed E-state index contributed by atoms with van der Waals surface area (Å²) in [5, 5.41) is 12.6. The minimum absolute atomic E-state index is 0.0276. The smallest absolute Gasteiger partial charge is 0.238 e. The molecule has 0 spiro atoms. The molecule has 29 heavy (non-hydrogen) atoms. The highest BCUT2D eigenvalue weighted by Gasteiger charge is 2.18. The molecule has 3 rings (SSSR count). The number of carbonyl (C=O) groups is 1. The second-order valence-corrected chi connectivity index (χ2v) is 8.64. The van der Waals surface area contributed by atoms with E-state index in [0.29, 0.717) is 5.69 Å². The third kappa shape index (κ3) is 4.38. The summed E-state index contributed by atoms with van der Waals surface area (Å²) in [6, 6.07) is 12.6. The summed E-state index contributed by atoms with van der Waals surface area (Å²) >= 11 is 0. The summed E-state index contributed by atoms with van der Waals surface area (Å²) < 4.78 is 25.2. The molecule has 8 heteroatoms. The topological polar surface area (TPSA) is 107 Å². The van der Waals surface area contributed by atoms with Gasteiger partial charge in [0.1, 0.15) is 0 Å². The highest BCUT2D eigenvalue weighted by Crippen LogP contribution is 2.24. The van der Waals surface area contributed by atoms with Gasteiger partial charge in [0.15, 0.2) is 0 Å². The first-order valence-electron chi connectivity index (χ1n) is 9.12. The number of nitrogens with zero attached hydrogens (tertiary/aromatic N) is 2. The molecule has 0 aliphatic heterocycles. The Hall–Kier alpha value is -2.97. The van der Waals surface area contributed by atoms with E-state index in [0.717, 1.165) is 33.8 Å². The van der Waals surface area contributed by atoms with Gasteiger partial charge in [-0.1, -0.05) is 18.2 Å². The quantitative estimate of drug-likeness (QED) is 0.672. The van der Waals surface area contributed by atoms with Crippen LogP contribution in [-0.2, 0) is 21.2 Å². The van der Waals surface area contributed by atoms with Crippen LogP contribution in [0.4, 0.5) is 5.69 Å². The summed E-state index contributed by atoms with van der Waals surface area (Å²) in [4.78, 5) is 12.7. The highest BCUT2D eigenvalue weighted by atomic mass is 32.2. The summed E-state index contributed by atoms with van der Waals surface area (Å²) in [6.45, 7) is 7.39. The van der Waals surface area contributed by atoms with E-state index in [1.54, 1.807) is 6.92 Å². The zero-order chi connectivity index (χ0) is 21.3. The van der Waals surface area contributed by atoms with Crippen molar-refractivity contribution in [3.8, 4) is 5.69 Å². The molecular formula is C21H24N4O3S. The molecule has 2 aromatic carbocycles. The number of rotatable bonds is 5. The predicted octanol–water partition coefficient (Wildman–Crippen LogP) is 2.93. The average molecular weight is 413 g/mol. The summed E-state index contributed by atoms with van der Waals surface area (Å²) in [6.07, 6.45) is 0.128. The van der Waals surface area contributed by atoms with Crippen LogP contribution in [0.2, 0.25) is 0 Å². The van der Waals surface area contributed by atoms with E-state index in [-0.39, 0.29) is 17.2 Å².